The lowest BCUT2D eigenvalue weighted by molar-refractivity contribution is 0.486. The minimum absolute atomic E-state index is 0.357. The van der Waals surface area contributed by atoms with E-state index < -0.39 is 0 Å². The molecule has 0 N–H and O–H groups in total. The molecule has 0 fully saturated rings. The molecule has 0 spiro atoms. The summed E-state index contributed by atoms with van der Waals surface area (Å²) in [7, 11) is 1.99. The van der Waals surface area contributed by atoms with Crippen molar-refractivity contribution in [2.24, 2.45) is 5.92 Å². The lowest BCUT2D eigenvalue weighted by atomic mass is 9.90. The predicted octanol–water partition coefficient (Wildman–Crippen LogP) is 10.5. The van der Waals surface area contributed by atoms with Gasteiger partial charge in [-0.3, -0.25) is 0 Å². The summed E-state index contributed by atoms with van der Waals surface area (Å²) in [6.45, 7) is 24.1. The molecule has 0 aliphatic heterocycles. The van der Waals surface area contributed by atoms with Crippen LogP contribution in [0, 0.1) is 26.7 Å². The molecule has 0 aromatic heterocycles. The molecule has 38 heavy (non-hydrogen) atoms. The van der Waals surface area contributed by atoms with Crippen LogP contribution in [0.2, 0.25) is 0 Å². The molecule has 2 heteroatoms. The minimum atomic E-state index is 0.357. The van der Waals surface area contributed by atoms with Crippen LogP contribution in [0.3, 0.4) is 0 Å². The van der Waals surface area contributed by atoms with Crippen molar-refractivity contribution in [3.63, 3.8) is 0 Å². The summed E-state index contributed by atoms with van der Waals surface area (Å²) < 4.78 is 0. The third-order valence-corrected chi connectivity index (χ3v) is 8.39. The van der Waals surface area contributed by atoms with E-state index in [1.165, 1.54) is 76.8 Å². The van der Waals surface area contributed by atoms with E-state index in [1.54, 1.807) is 17.3 Å². The van der Waals surface area contributed by atoms with Gasteiger partial charge in [0.15, 0.2) is 0 Å². The molecular formula is C36H55NS. The van der Waals surface area contributed by atoms with E-state index in [2.05, 4.69) is 90.4 Å². The second-order valence-electron chi connectivity index (χ2n) is 10.4. The summed E-state index contributed by atoms with van der Waals surface area (Å²) in [5.74, 6) is 0.357. The zero-order valence-electron chi connectivity index (χ0n) is 26.0. The maximum Gasteiger partial charge on any atom is 0.0140 e. The first-order valence-corrected chi connectivity index (χ1v) is 15.9. The van der Waals surface area contributed by atoms with Gasteiger partial charge in [-0.15, -0.1) is 11.8 Å². The van der Waals surface area contributed by atoms with Gasteiger partial charge in [0.05, 0.1) is 0 Å². The third-order valence-electron chi connectivity index (χ3n) is 7.58. The fourth-order valence-electron chi connectivity index (χ4n) is 4.61. The highest BCUT2D eigenvalue weighted by molar-refractivity contribution is 8.07. The first kappa shape index (κ1) is 33.8. The van der Waals surface area contributed by atoms with Crippen molar-refractivity contribution in [1.82, 2.24) is 4.90 Å². The van der Waals surface area contributed by atoms with Crippen LogP contribution in [-0.4, -0.2) is 24.7 Å². The molecular weight excluding hydrogens is 478 g/mol. The maximum atomic E-state index is 4.46. The molecule has 1 nitrogen and oxygen atoms in total. The average molecular weight is 534 g/mol. The number of hydrogen-bond acceptors (Lipinski definition) is 2. The highest BCUT2D eigenvalue weighted by Crippen LogP contribution is 2.32. The van der Waals surface area contributed by atoms with Gasteiger partial charge in [-0.2, -0.15) is 0 Å². The Morgan fingerprint density at radius 3 is 2.11 bits per heavy atom. The van der Waals surface area contributed by atoms with Crippen LogP contribution >= 0.6 is 11.8 Å². The summed E-state index contributed by atoms with van der Waals surface area (Å²) in [4.78, 5) is 3.39. The van der Waals surface area contributed by atoms with Crippen molar-refractivity contribution < 1.29 is 0 Å². The summed E-state index contributed by atoms with van der Waals surface area (Å²) in [6.07, 6.45) is 15.3. The molecule has 210 valence electrons. The number of allylic oxidation sites excluding steroid dienone is 2. The topological polar surface area (TPSA) is 3.24 Å². The summed E-state index contributed by atoms with van der Waals surface area (Å²) in [5.41, 5.74) is 11.3. The van der Waals surface area contributed by atoms with Crippen molar-refractivity contribution in [3.05, 3.63) is 100 Å². The van der Waals surface area contributed by atoms with Crippen molar-refractivity contribution in [3.8, 4) is 0 Å². The minimum Gasteiger partial charge on any atom is -0.381 e. The van der Waals surface area contributed by atoms with Gasteiger partial charge in [0.1, 0.15) is 0 Å². The van der Waals surface area contributed by atoms with Crippen molar-refractivity contribution in [2.75, 3.05) is 19.8 Å². The normalized spacial score (nSPS) is 13.9. The Labute approximate surface area is 240 Å². The molecule has 2 aromatic carbocycles. The van der Waals surface area contributed by atoms with E-state index in [-0.39, 0.29) is 0 Å². The molecule has 0 radical (unpaired) electrons. The quantitative estimate of drug-likeness (QED) is 0.310. The van der Waals surface area contributed by atoms with Crippen LogP contribution in [0.15, 0.2) is 61.3 Å². The van der Waals surface area contributed by atoms with E-state index >= 15 is 0 Å². The lowest BCUT2D eigenvalue weighted by Gasteiger charge is -2.18. The Bertz CT molecular complexity index is 1050. The van der Waals surface area contributed by atoms with Gasteiger partial charge in [-0.1, -0.05) is 88.8 Å². The Morgan fingerprint density at radius 1 is 0.947 bits per heavy atom. The monoisotopic (exact) mass is 533 g/mol. The molecule has 0 amide bonds. The van der Waals surface area contributed by atoms with Crippen molar-refractivity contribution in [2.45, 2.75) is 93.4 Å². The predicted molar refractivity (Wildman–Crippen MR) is 176 cm³/mol. The van der Waals surface area contributed by atoms with E-state index in [0.29, 0.717) is 5.92 Å². The zero-order chi connectivity index (χ0) is 28.7. The van der Waals surface area contributed by atoms with Gasteiger partial charge in [0.25, 0.3) is 0 Å². The number of nitrogens with zero attached hydrogens (tertiary/aromatic N) is 1. The lowest BCUT2D eigenvalue weighted by Crippen LogP contribution is -2.06. The van der Waals surface area contributed by atoms with Gasteiger partial charge in [0.2, 0.25) is 0 Å². The van der Waals surface area contributed by atoms with Gasteiger partial charge >= 0.3 is 0 Å². The highest BCUT2D eigenvalue weighted by atomic mass is 32.2. The second-order valence-corrected chi connectivity index (χ2v) is 11.2. The summed E-state index contributed by atoms with van der Waals surface area (Å²) >= 11 is 1.86. The molecule has 1 aliphatic carbocycles. The molecule has 2 aromatic rings. The van der Waals surface area contributed by atoms with Crippen LogP contribution in [0.25, 0.3) is 4.91 Å². The van der Waals surface area contributed by atoms with Gasteiger partial charge < -0.3 is 4.90 Å². The smallest absolute Gasteiger partial charge is 0.0140 e. The molecule has 1 unspecified atom stereocenters. The zero-order valence-corrected chi connectivity index (χ0v) is 26.9. The Morgan fingerprint density at radius 2 is 1.55 bits per heavy atom. The first-order valence-electron chi connectivity index (χ1n) is 14.6. The van der Waals surface area contributed by atoms with Crippen LogP contribution < -0.4 is 0 Å². The van der Waals surface area contributed by atoms with Gasteiger partial charge in [-0.05, 0) is 117 Å². The number of thioether (sulfide) groups is 1. The van der Waals surface area contributed by atoms with E-state index in [4.69, 9.17) is 0 Å². The molecule has 0 bridgehead atoms. The van der Waals surface area contributed by atoms with Crippen LogP contribution in [0.1, 0.15) is 92.3 Å². The summed E-state index contributed by atoms with van der Waals surface area (Å²) in [5, 5.41) is 0. The molecule has 0 saturated heterocycles. The molecule has 1 atom stereocenters. The van der Waals surface area contributed by atoms with Crippen molar-refractivity contribution >= 4 is 16.7 Å². The maximum absolute atomic E-state index is 4.46. The number of fused-ring (bicyclic) bond motifs is 1. The van der Waals surface area contributed by atoms with Crippen LogP contribution in [0.4, 0.5) is 0 Å². The van der Waals surface area contributed by atoms with Crippen molar-refractivity contribution in [1.29, 1.82) is 0 Å². The largest absolute Gasteiger partial charge is 0.381 e. The third kappa shape index (κ3) is 10.9. The van der Waals surface area contributed by atoms with Crippen LogP contribution in [0.5, 0.6) is 0 Å². The number of rotatable bonds is 8. The molecule has 0 saturated carbocycles. The standard InChI is InChI=1S/C29H38S.C5H11N.C2H6/c1-20-15-24(5)28(16-21(20)2)17-22(3)23(4)18-29(30-6)27-14-13-25-11-9-7-8-10-12-26(25)19-27;1-4-6(3)5-2;1-2/h13-16,18-19,23H,3,7-12,17H2,1-2,4-6H3;4H,1,5H2,2-3H3;1-2H3/b29-18-;;. The number of hydrogen-bond donors (Lipinski definition) is 0. The molecule has 0 heterocycles. The first-order chi connectivity index (χ1) is 18.2. The Balaban J connectivity index is 0.000000795. The Kier molecular flexibility index (Phi) is 16.2. The fourth-order valence-corrected chi connectivity index (χ4v) is 5.32. The number of benzene rings is 2. The Hall–Kier alpha value is -2.19. The van der Waals surface area contributed by atoms with Crippen LogP contribution in [-0.2, 0) is 19.3 Å². The van der Waals surface area contributed by atoms with E-state index in [1.807, 2.05) is 37.6 Å². The highest BCUT2D eigenvalue weighted by Gasteiger charge is 2.13. The SMILES string of the molecule is C=C(Cc1cc(C)c(C)cc1C)C(C)/C=C(\SC)c1ccc2c(c1)CCCCCC2.C=CN(C)CC.CC. The second kappa shape index (κ2) is 18.2. The molecule has 3 rings (SSSR count). The summed E-state index contributed by atoms with van der Waals surface area (Å²) in [6, 6.07) is 11.8. The van der Waals surface area contributed by atoms with E-state index in [0.717, 1.165) is 13.0 Å². The average Bonchev–Trinajstić information content (AvgIpc) is 2.91. The van der Waals surface area contributed by atoms with Gasteiger partial charge in [0, 0.05) is 18.5 Å². The van der Waals surface area contributed by atoms with E-state index in [9.17, 15) is 0 Å². The fraction of sp³-hybridized carbons (Fsp3) is 0.500. The number of aryl methyl sites for hydroxylation is 5. The molecule has 1 aliphatic rings. The van der Waals surface area contributed by atoms with Gasteiger partial charge in [-0.25, -0.2) is 0 Å².